The molecule has 3 rings (SSSR count). The molecule has 2 atom stereocenters. The number of nitrogens with one attached hydrogen (secondary N) is 2. The summed E-state index contributed by atoms with van der Waals surface area (Å²) in [6.07, 6.45) is 2.97. The topological polar surface area (TPSA) is 50.4 Å². The summed E-state index contributed by atoms with van der Waals surface area (Å²) >= 11 is 5.84. The van der Waals surface area contributed by atoms with Gasteiger partial charge in [0.05, 0.1) is 13.5 Å². The van der Waals surface area contributed by atoms with Gasteiger partial charge >= 0.3 is 0 Å². The molecule has 1 saturated carbocycles. The number of methoxy groups -OCH3 is 1. The first kappa shape index (κ1) is 19.6. The van der Waals surface area contributed by atoms with E-state index in [0.717, 1.165) is 31.6 Å². The molecule has 4 nitrogen and oxygen atoms in total. The Kier molecular flexibility index (Phi) is 6.69. The third-order valence-corrected chi connectivity index (χ3v) is 5.03. The van der Waals surface area contributed by atoms with E-state index >= 15 is 0 Å². The predicted octanol–water partition coefficient (Wildman–Crippen LogP) is 3.86. The van der Waals surface area contributed by atoms with Crippen molar-refractivity contribution in [3.05, 3.63) is 64.4 Å². The van der Waals surface area contributed by atoms with Gasteiger partial charge in [-0.1, -0.05) is 23.7 Å². The van der Waals surface area contributed by atoms with Crippen LogP contribution in [0.25, 0.3) is 0 Å². The van der Waals surface area contributed by atoms with Gasteiger partial charge in [-0.15, -0.1) is 0 Å². The molecule has 27 heavy (non-hydrogen) atoms. The zero-order valence-electron chi connectivity index (χ0n) is 15.3. The molecule has 2 N–H and O–H groups in total. The molecular formula is C21H24ClFN2O2. The smallest absolute Gasteiger partial charge is 0.224 e. The lowest BCUT2D eigenvalue weighted by Crippen LogP contribution is -2.36. The Balaban J connectivity index is 1.44. The van der Waals surface area contributed by atoms with E-state index in [-0.39, 0.29) is 18.4 Å². The highest BCUT2D eigenvalue weighted by molar-refractivity contribution is 6.30. The number of carbonyl (C=O) groups is 1. The molecule has 1 aliphatic carbocycles. The normalized spacial score (nSPS) is 19.1. The molecule has 6 heteroatoms. The summed E-state index contributed by atoms with van der Waals surface area (Å²) in [7, 11) is 1.66. The number of rotatable bonds is 7. The quantitative estimate of drug-likeness (QED) is 0.754. The maximum absolute atomic E-state index is 13.4. The maximum atomic E-state index is 13.4. The summed E-state index contributed by atoms with van der Waals surface area (Å²) < 4.78 is 18.6. The number of ether oxygens (including phenoxy) is 1. The lowest BCUT2D eigenvalue weighted by Gasteiger charge is -2.15. The number of halogens is 2. The Morgan fingerprint density at radius 1 is 1.19 bits per heavy atom. The molecule has 1 aliphatic rings. The fourth-order valence-electron chi connectivity index (χ4n) is 3.52. The van der Waals surface area contributed by atoms with Gasteiger partial charge in [0.2, 0.25) is 5.91 Å². The second-order valence-corrected chi connectivity index (χ2v) is 7.40. The summed E-state index contributed by atoms with van der Waals surface area (Å²) in [5.41, 5.74) is 1.76. The Bertz CT molecular complexity index is 779. The number of carbonyl (C=O) groups excluding carboxylic acids is 1. The standard InChI is InChI=1S/C21H24ClFN2O2/c1-27-20-4-2-3-14(9-20)13-24-18-5-6-19(12-18)25-21(26)10-15-7-16(22)11-17(23)8-15/h2-4,7-9,11,18-19,24H,5-6,10,12-13H2,1H3,(H,25,26)/t18-,19-/m1/s1. The first-order valence-electron chi connectivity index (χ1n) is 9.12. The molecule has 0 aromatic heterocycles. The highest BCUT2D eigenvalue weighted by atomic mass is 35.5. The molecule has 0 unspecified atom stereocenters. The zero-order valence-corrected chi connectivity index (χ0v) is 16.1. The van der Waals surface area contributed by atoms with Crippen LogP contribution in [0.1, 0.15) is 30.4 Å². The van der Waals surface area contributed by atoms with Crippen LogP contribution < -0.4 is 15.4 Å². The van der Waals surface area contributed by atoms with Gasteiger partial charge in [-0.3, -0.25) is 4.79 Å². The first-order valence-corrected chi connectivity index (χ1v) is 9.50. The fourth-order valence-corrected chi connectivity index (χ4v) is 3.76. The summed E-state index contributed by atoms with van der Waals surface area (Å²) in [6.45, 7) is 0.768. The fraction of sp³-hybridized carbons (Fsp3) is 0.381. The van der Waals surface area contributed by atoms with Crippen molar-refractivity contribution in [1.29, 1.82) is 0 Å². The average Bonchev–Trinajstić information content (AvgIpc) is 3.06. The minimum Gasteiger partial charge on any atom is -0.497 e. The third kappa shape index (κ3) is 5.94. The predicted molar refractivity (Wildman–Crippen MR) is 105 cm³/mol. The highest BCUT2D eigenvalue weighted by Crippen LogP contribution is 2.21. The van der Waals surface area contributed by atoms with E-state index in [1.54, 1.807) is 13.2 Å². The van der Waals surface area contributed by atoms with Gasteiger partial charge in [0.25, 0.3) is 0 Å². The molecule has 2 aromatic rings. The highest BCUT2D eigenvalue weighted by Gasteiger charge is 2.25. The van der Waals surface area contributed by atoms with Gasteiger partial charge in [-0.05, 0) is 60.7 Å². The molecule has 1 fully saturated rings. The summed E-state index contributed by atoms with van der Waals surface area (Å²) in [5, 5.41) is 6.90. The van der Waals surface area contributed by atoms with Crippen LogP contribution in [0.4, 0.5) is 4.39 Å². The summed E-state index contributed by atoms with van der Waals surface area (Å²) in [5.74, 6) is 0.325. The van der Waals surface area contributed by atoms with Crippen molar-refractivity contribution < 1.29 is 13.9 Å². The van der Waals surface area contributed by atoms with E-state index in [1.807, 2.05) is 18.2 Å². The largest absolute Gasteiger partial charge is 0.497 e. The van der Waals surface area contributed by atoms with Crippen LogP contribution in [-0.2, 0) is 17.8 Å². The Hall–Kier alpha value is -2.11. The molecule has 0 aliphatic heterocycles. The molecule has 0 heterocycles. The molecule has 144 valence electrons. The molecule has 1 amide bonds. The molecular weight excluding hydrogens is 367 g/mol. The number of hydrogen-bond acceptors (Lipinski definition) is 3. The van der Waals surface area contributed by atoms with Crippen LogP contribution >= 0.6 is 11.6 Å². The molecule has 2 aromatic carbocycles. The van der Waals surface area contributed by atoms with E-state index in [9.17, 15) is 9.18 Å². The van der Waals surface area contributed by atoms with Crippen molar-refractivity contribution >= 4 is 17.5 Å². The van der Waals surface area contributed by atoms with E-state index in [1.165, 1.54) is 17.7 Å². The van der Waals surface area contributed by atoms with Gasteiger partial charge in [0, 0.05) is 23.7 Å². The van der Waals surface area contributed by atoms with Gasteiger partial charge in [-0.25, -0.2) is 4.39 Å². The van der Waals surface area contributed by atoms with Crippen LogP contribution in [-0.4, -0.2) is 25.1 Å². The van der Waals surface area contributed by atoms with E-state index in [4.69, 9.17) is 16.3 Å². The lowest BCUT2D eigenvalue weighted by atomic mass is 10.1. The van der Waals surface area contributed by atoms with E-state index < -0.39 is 5.82 Å². The van der Waals surface area contributed by atoms with Crippen LogP contribution in [0.3, 0.4) is 0 Å². The second kappa shape index (κ2) is 9.20. The molecule has 0 radical (unpaired) electrons. The van der Waals surface area contributed by atoms with Crippen LogP contribution in [0.15, 0.2) is 42.5 Å². The zero-order chi connectivity index (χ0) is 19.2. The monoisotopic (exact) mass is 390 g/mol. The van der Waals surface area contributed by atoms with Gasteiger partial charge in [0.15, 0.2) is 0 Å². The van der Waals surface area contributed by atoms with Crippen LogP contribution in [0.5, 0.6) is 5.75 Å². The minimum atomic E-state index is -0.423. The minimum absolute atomic E-state index is 0.102. The second-order valence-electron chi connectivity index (χ2n) is 6.96. The third-order valence-electron chi connectivity index (χ3n) is 4.81. The van der Waals surface area contributed by atoms with Crippen LogP contribution in [0, 0.1) is 5.82 Å². The first-order chi connectivity index (χ1) is 13.0. The molecule has 0 saturated heterocycles. The van der Waals surface area contributed by atoms with Crippen molar-refractivity contribution in [2.24, 2.45) is 0 Å². The Morgan fingerprint density at radius 2 is 2.00 bits per heavy atom. The van der Waals surface area contributed by atoms with Gasteiger partial charge in [-0.2, -0.15) is 0 Å². The number of hydrogen-bond donors (Lipinski definition) is 2. The summed E-state index contributed by atoms with van der Waals surface area (Å²) in [6, 6.07) is 12.7. The van der Waals surface area contributed by atoms with E-state index in [0.29, 0.717) is 16.6 Å². The van der Waals surface area contributed by atoms with Gasteiger partial charge in [0.1, 0.15) is 11.6 Å². The Morgan fingerprint density at radius 3 is 2.78 bits per heavy atom. The van der Waals surface area contributed by atoms with Crippen molar-refractivity contribution in [2.75, 3.05) is 7.11 Å². The van der Waals surface area contributed by atoms with Gasteiger partial charge < -0.3 is 15.4 Å². The van der Waals surface area contributed by atoms with Crippen LogP contribution in [0.2, 0.25) is 5.02 Å². The molecule has 0 bridgehead atoms. The number of benzene rings is 2. The lowest BCUT2D eigenvalue weighted by molar-refractivity contribution is -0.121. The van der Waals surface area contributed by atoms with Crippen molar-refractivity contribution in [1.82, 2.24) is 10.6 Å². The van der Waals surface area contributed by atoms with Crippen molar-refractivity contribution in [2.45, 2.75) is 44.3 Å². The maximum Gasteiger partial charge on any atom is 0.224 e. The summed E-state index contributed by atoms with van der Waals surface area (Å²) in [4.78, 5) is 12.2. The Labute approximate surface area is 164 Å². The SMILES string of the molecule is COc1cccc(CN[C@@H]2CC[C@@H](NC(=O)Cc3cc(F)cc(Cl)c3)C2)c1. The van der Waals surface area contributed by atoms with Crippen molar-refractivity contribution in [3.63, 3.8) is 0 Å². The van der Waals surface area contributed by atoms with E-state index in [2.05, 4.69) is 16.7 Å². The van der Waals surface area contributed by atoms with Crippen molar-refractivity contribution in [3.8, 4) is 5.75 Å². The number of amides is 1. The molecule has 0 spiro atoms. The average molecular weight is 391 g/mol.